The molecule has 0 radical (unpaired) electrons. The van der Waals surface area contributed by atoms with Crippen molar-refractivity contribution >= 4 is 5.91 Å². The van der Waals surface area contributed by atoms with Crippen molar-refractivity contribution in [3.63, 3.8) is 0 Å². The van der Waals surface area contributed by atoms with E-state index in [1.165, 1.54) is 17.6 Å². The standard InChI is InChI=1S/C17H18N6O/c24-17(13-3-6-16-14(7-13)9-20-22-16)19-8-12-1-4-15(5-2-12)23-11-18-10-21-23/h1-2,4-5,9-11,13H,3,6-8H2,(H,19,24)(H,20,22)/t13-/m1/s1. The second kappa shape index (κ2) is 6.27. The molecule has 7 nitrogen and oxygen atoms in total. The van der Waals surface area contributed by atoms with Crippen molar-refractivity contribution in [2.24, 2.45) is 5.92 Å². The number of aromatic nitrogens is 5. The van der Waals surface area contributed by atoms with Crippen LogP contribution in [0.5, 0.6) is 0 Å². The Bertz CT molecular complexity index is 821. The molecule has 4 rings (SSSR count). The normalized spacial score (nSPS) is 16.6. The lowest BCUT2D eigenvalue weighted by Gasteiger charge is -2.21. The third-order valence-corrected chi connectivity index (χ3v) is 4.47. The van der Waals surface area contributed by atoms with E-state index < -0.39 is 0 Å². The average molecular weight is 322 g/mol. The van der Waals surface area contributed by atoms with Gasteiger partial charge in [0.25, 0.3) is 0 Å². The first kappa shape index (κ1) is 14.6. The Morgan fingerprint density at radius 2 is 2.21 bits per heavy atom. The highest BCUT2D eigenvalue weighted by Gasteiger charge is 2.25. The zero-order valence-electron chi connectivity index (χ0n) is 13.1. The molecule has 0 bridgehead atoms. The molecular weight excluding hydrogens is 304 g/mol. The number of aromatic amines is 1. The molecule has 2 N–H and O–H groups in total. The Morgan fingerprint density at radius 3 is 3.00 bits per heavy atom. The van der Waals surface area contributed by atoms with E-state index in [-0.39, 0.29) is 11.8 Å². The van der Waals surface area contributed by atoms with Gasteiger partial charge in [0, 0.05) is 18.2 Å². The highest BCUT2D eigenvalue weighted by atomic mass is 16.1. The quantitative estimate of drug-likeness (QED) is 0.760. The second-order valence-electron chi connectivity index (χ2n) is 6.04. The van der Waals surface area contributed by atoms with Crippen molar-refractivity contribution in [2.75, 3.05) is 0 Å². The molecule has 1 aromatic carbocycles. The minimum atomic E-state index is 0.0320. The summed E-state index contributed by atoms with van der Waals surface area (Å²) in [5.41, 5.74) is 4.34. The van der Waals surface area contributed by atoms with Gasteiger partial charge in [0.05, 0.1) is 11.9 Å². The van der Waals surface area contributed by atoms with Crippen molar-refractivity contribution in [2.45, 2.75) is 25.8 Å². The summed E-state index contributed by atoms with van der Waals surface area (Å²) in [6, 6.07) is 7.92. The number of hydrogen-bond donors (Lipinski definition) is 2. The smallest absolute Gasteiger partial charge is 0.223 e. The van der Waals surface area contributed by atoms with Gasteiger partial charge in [0.15, 0.2) is 0 Å². The molecule has 1 aliphatic carbocycles. The van der Waals surface area contributed by atoms with E-state index in [0.717, 1.165) is 30.5 Å². The third kappa shape index (κ3) is 2.92. The Morgan fingerprint density at radius 1 is 1.33 bits per heavy atom. The van der Waals surface area contributed by atoms with E-state index in [1.807, 2.05) is 30.5 Å². The molecule has 0 saturated heterocycles. The van der Waals surface area contributed by atoms with Gasteiger partial charge in [-0.2, -0.15) is 10.2 Å². The van der Waals surface area contributed by atoms with E-state index >= 15 is 0 Å². The summed E-state index contributed by atoms with van der Waals surface area (Å²) in [6.45, 7) is 0.533. The van der Waals surface area contributed by atoms with E-state index in [1.54, 1.807) is 11.0 Å². The molecule has 0 fully saturated rings. The number of rotatable bonds is 4. The number of aryl methyl sites for hydroxylation is 1. The number of nitrogens with zero attached hydrogens (tertiary/aromatic N) is 4. The number of benzene rings is 1. The SMILES string of the molecule is O=C(NCc1ccc(-n2cncn2)cc1)[C@@H]1CCc2[nH]ncc2C1. The van der Waals surface area contributed by atoms with Crippen LogP contribution in [0.2, 0.25) is 0 Å². The number of amides is 1. The molecule has 2 aromatic heterocycles. The van der Waals surface area contributed by atoms with Crippen LogP contribution in [0.4, 0.5) is 0 Å². The molecular formula is C17H18N6O. The van der Waals surface area contributed by atoms with Crippen molar-refractivity contribution in [1.82, 2.24) is 30.3 Å². The molecule has 3 aromatic rings. The zero-order chi connectivity index (χ0) is 16.4. The molecule has 1 amide bonds. The minimum Gasteiger partial charge on any atom is -0.352 e. The Hall–Kier alpha value is -2.96. The highest BCUT2D eigenvalue weighted by Crippen LogP contribution is 2.23. The van der Waals surface area contributed by atoms with Crippen LogP contribution in [-0.4, -0.2) is 30.9 Å². The van der Waals surface area contributed by atoms with Gasteiger partial charge in [0.1, 0.15) is 12.7 Å². The molecule has 1 aliphatic rings. The summed E-state index contributed by atoms with van der Waals surface area (Å²) >= 11 is 0. The van der Waals surface area contributed by atoms with Gasteiger partial charge in [-0.15, -0.1) is 0 Å². The summed E-state index contributed by atoms with van der Waals surface area (Å²) in [7, 11) is 0. The van der Waals surface area contributed by atoms with Crippen molar-refractivity contribution in [3.8, 4) is 5.69 Å². The predicted octanol–water partition coefficient (Wildman–Crippen LogP) is 1.41. The molecule has 0 saturated carbocycles. The lowest BCUT2D eigenvalue weighted by Crippen LogP contribution is -2.33. The topological polar surface area (TPSA) is 88.5 Å². The fourth-order valence-electron chi connectivity index (χ4n) is 3.08. The maximum atomic E-state index is 12.4. The van der Waals surface area contributed by atoms with Gasteiger partial charge in [0.2, 0.25) is 5.91 Å². The summed E-state index contributed by atoms with van der Waals surface area (Å²) in [5, 5.41) is 14.2. The summed E-state index contributed by atoms with van der Waals surface area (Å²) in [4.78, 5) is 16.3. The van der Waals surface area contributed by atoms with Gasteiger partial charge in [-0.05, 0) is 42.5 Å². The van der Waals surface area contributed by atoms with Crippen molar-refractivity contribution < 1.29 is 4.79 Å². The number of hydrogen-bond acceptors (Lipinski definition) is 4. The largest absolute Gasteiger partial charge is 0.352 e. The Balaban J connectivity index is 1.34. The second-order valence-corrected chi connectivity index (χ2v) is 6.04. The van der Waals surface area contributed by atoms with Gasteiger partial charge >= 0.3 is 0 Å². The Labute approximate surface area is 139 Å². The lowest BCUT2D eigenvalue weighted by molar-refractivity contribution is -0.125. The van der Waals surface area contributed by atoms with Gasteiger partial charge in [-0.25, -0.2) is 9.67 Å². The highest BCUT2D eigenvalue weighted by molar-refractivity contribution is 5.79. The van der Waals surface area contributed by atoms with Crippen LogP contribution in [0.1, 0.15) is 23.2 Å². The molecule has 0 aliphatic heterocycles. The fourth-order valence-corrected chi connectivity index (χ4v) is 3.08. The van der Waals surface area contributed by atoms with Crippen molar-refractivity contribution in [1.29, 1.82) is 0 Å². The van der Waals surface area contributed by atoms with Crippen LogP contribution >= 0.6 is 0 Å². The lowest BCUT2D eigenvalue weighted by atomic mass is 9.87. The van der Waals surface area contributed by atoms with Gasteiger partial charge in [-0.1, -0.05) is 12.1 Å². The summed E-state index contributed by atoms with van der Waals surface area (Å²) in [6.07, 6.45) is 7.51. The summed E-state index contributed by atoms with van der Waals surface area (Å²) in [5.74, 6) is 0.145. The van der Waals surface area contributed by atoms with E-state index in [9.17, 15) is 4.79 Å². The van der Waals surface area contributed by atoms with Crippen LogP contribution in [0.3, 0.4) is 0 Å². The monoisotopic (exact) mass is 322 g/mol. The molecule has 24 heavy (non-hydrogen) atoms. The van der Waals surface area contributed by atoms with E-state index in [2.05, 4.69) is 25.6 Å². The van der Waals surface area contributed by atoms with Crippen molar-refractivity contribution in [3.05, 3.63) is 59.9 Å². The predicted molar refractivity (Wildman–Crippen MR) is 87.3 cm³/mol. The van der Waals surface area contributed by atoms with Gasteiger partial charge in [-0.3, -0.25) is 9.89 Å². The minimum absolute atomic E-state index is 0.0320. The van der Waals surface area contributed by atoms with Crippen LogP contribution in [0.15, 0.2) is 43.1 Å². The van der Waals surface area contributed by atoms with E-state index in [4.69, 9.17) is 0 Å². The molecule has 1 atom stereocenters. The number of carbonyl (C=O) groups is 1. The average Bonchev–Trinajstić information content (AvgIpc) is 3.30. The fraction of sp³-hybridized carbons (Fsp3) is 0.294. The Kier molecular flexibility index (Phi) is 3.82. The molecule has 0 spiro atoms. The number of carbonyl (C=O) groups excluding carboxylic acids is 1. The third-order valence-electron chi connectivity index (χ3n) is 4.47. The molecule has 7 heteroatoms. The molecule has 0 unspecified atom stereocenters. The van der Waals surface area contributed by atoms with E-state index in [0.29, 0.717) is 6.54 Å². The number of nitrogens with one attached hydrogen (secondary N) is 2. The summed E-state index contributed by atoms with van der Waals surface area (Å²) < 4.78 is 1.70. The van der Waals surface area contributed by atoms with Crippen LogP contribution in [0.25, 0.3) is 5.69 Å². The maximum absolute atomic E-state index is 12.4. The first-order valence-corrected chi connectivity index (χ1v) is 8.02. The first-order chi connectivity index (χ1) is 11.8. The van der Waals surface area contributed by atoms with Gasteiger partial charge < -0.3 is 5.32 Å². The zero-order valence-corrected chi connectivity index (χ0v) is 13.1. The van der Waals surface area contributed by atoms with Crippen LogP contribution in [0, 0.1) is 5.92 Å². The first-order valence-electron chi connectivity index (χ1n) is 8.02. The molecule has 2 heterocycles. The van der Waals surface area contributed by atoms with Crippen LogP contribution in [-0.2, 0) is 24.2 Å². The number of fused-ring (bicyclic) bond motifs is 1. The molecule has 122 valence electrons. The maximum Gasteiger partial charge on any atom is 0.223 e. The van der Waals surface area contributed by atoms with Crippen LogP contribution < -0.4 is 5.32 Å². The number of H-pyrrole nitrogens is 1.